The van der Waals surface area contributed by atoms with Gasteiger partial charge in [0.25, 0.3) is 0 Å². The Hall–Kier alpha value is -1.43. The van der Waals surface area contributed by atoms with E-state index in [9.17, 15) is 4.79 Å². The van der Waals surface area contributed by atoms with E-state index in [1.807, 2.05) is 6.07 Å². The van der Waals surface area contributed by atoms with Gasteiger partial charge in [0.05, 0.1) is 19.3 Å². The Kier molecular flexibility index (Phi) is 6.02. The Morgan fingerprint density at radius 2 is 2.00 bits per heavy atom. The lowest BCUT2D eigenvalue weighted by atomic mass is 10.0. The van der Waals surface area contributed by atoms with Crippen LogP contribution in [0.2, 0.25) is 0 Å². The monoisotopic (exact) mass is 317 g/mol. The molecule has 1 amide bonds. The predicted molar refractivity (Wildman–Crippen MR) is 90.0 cm³/mol. The standard InChI is InChI=1S/C18H27N3O2/c22-18(17-7-3-4-8-19-17)20-13-15-5-1-2-6-16(15)14-21-9-11-23-12-10-21/h1-2,5-6,17,19H,3-4,7-14H2,(H,20,22)/t17-/m1/s1. The maximum absolute atomic E-state index is 12.3. The summed E-state index contributed by atoms with van der Waals surface area (Å²) in [4.78, 5) is 14.7. The van der Waals surface area contributed by atoms with Crippen molar-refractivity contribution in [2.24, 2.45) is 0 Å². The molecule has 0 bridgehead atoms. The van der Waals surface area contributed by atoms with Crippen molar-refractivity contribution < 1.29 is 9.53 Å². The first-order valence-electron chi connectivity index (χ1n) is 8.71. The summed E-state index contributed by atoms with van der Waals surface area (Å²) in [5, 5.41) is 6.40. The number of carbonyl (C=O) groups excluding carboxylic acids is 1. The van der Waals surface area contributed by atoms with Crippen molar-refractivity contribution in [2.45, 2.75) is 38.4 Å². The van der Waals surface area contributed by atoms with Crippen molar-refractivity contribution in [2.75, 3.05) is 32.8 Å². The van der Waals surface area contributed by atoms with Gasteiger partial charge in [-0.15, -0.1) is 0 Å². The molecule has 1 aromatic carbocycles. The molecule has 0 unspecified atom stereocenters. The van der Waals surface area contributed by atoms with Crippen molar-refractivity contribution in [3.05, 3.63) is 35.4 Å². The van der Waals surface area contributed by atoms with Gasteiger partial charge in [-0.05, 0) is 30.5 Å². The molecule has 0 spiro atoms. The highest BCUT2D eigenvalue weighted by Crippen LogP contribution is 2.13. The lowest BCUT2D eigenvalue weighted by Crippen LogP contribution is -2.46. The lowest BCUT2D eigenvalue weighted by molar-refractivity contribution is -0.123. The summed E-state index contributed by atoms with van der Waals surface area (Å²) in [6.07, 6.45) is 3.26. The van der Waals surface area contributed by atoms with Crippen molar-refractivity contribution in [1.82, 2.24) is 15.5 Å². The minimum atomic E-state index is -0.0184. The predicted octanol–water partition coefficient (Wildman–Crippen LogP) is 1.28. The van der Waals surface area contributed by atoms with Crippen LogP contribution in [0.3, 0.4) is 0 Å². The second-order valence-electron chi connectivity index (χ2n) is 6.38. The molecule has 2 aliphatic rings. The highest BCUT2D eigenvalue weighted by Gasteiger charge is 2.20. The molecule has 2 aliphatic heterocycles. The number of ether oxygens (including phenoxy) is 1. The molecule has 1 aromatic rings. The largest absolute Gasteiger partial charge is 0.379 e. The van der Waals surface area contributed by atoms with Crippen LogP contribution in [0.1, 0.15) is 30.4 Å². The van der Waals surface area contributed by atoms with E-state index in [4.69, 9.17) is 4.74 Å². The maximum Gasteiger partial charge on any atom is 0.237 e. The number of nitrogens with one attached hydrogen (secondary N) is 2. The second-order valence-corrected chi connectivity index (χ2v) is 6.38. The number of hydrogen-bond acceptors (Lipinski definition) is 4. The average molecular weight is 317 g/mol. The topological polar surface area (TPSA) is 53.6 Å². The summed E-state index contributed by atoms with van der Waals surface area (Å²) < 4.78 is 5.41. The SMILES string of the molecule is O=C(NCc1ccccc1CN1CCOCC1)[C@H]1CCCCN1. The number of benzene rings is 1. The van der Waals surface area contributed by atoms with Gasteiger partial charge < -0.3 is 15.4 Å². The maximum atomic E-state index is 12.3. The molecule has 5 heteroatoms. The molecule has 2 N–H and O–H groups in total. The molecule has 1 atom stereocenters. The van der Waals surface area contributed by atoms with E-state index in [1.54, 1.807) is 0 Å². The molecule has 0 radical (unpaired) electrons. The first-order valence-corrected chi connectivity index (χ1v) is 8.71. The molecule has 0 saturated carbocycles. The van der Waals surface area contributed by atoms with Crippen LogP contribution in [0, 0.1) is 0 Å². The van der Waals surface area contributed by atoms with Gasteiger partial charge in [0, 0.05) is 26.2 Å². The Morgan fingerprint density at radius 3 is 2.74 bits per heavy atom. The van der Waals surface area contributed by atoms with Gasteiger partial charge >= 0.3 is 0 Å². The van der Waals surface area contributed by atoms with Crippen LogP contribution < -0.4 is 10.6 Å². The van der Waals surface area contributed by atoms with Gasteiger partial charge in [-0.1, -0.05) is 30.7 Å². The molecular weight excluding hydrogens is 290 g/mol. The Balaban J connectivity index is 1.55. The fourth-order valence-electron chi connectivity index (χ4n) is 3.27. The molecule has 2 saturated heterocycles. The van der Waals surface area contributed by atoms with Crippen molar-refractivity contribution in [1.29, 1.82) is 0 Å². The Labute approximate surface area is 138 Å². The van der Waals surface area contributed by atoms with Crippen LogP contribution in [0.4, 0.5) is 0 Å². The van der Waals surface area contributed by atoms with E-state index in [1.165, 1.54) is 17.5 Å². The van der Waals surface area contributed by atoms with E-state index >= 15 is 0 Å². The summed E-state index contributed by atoms with van der Waals surface area (Å²) >= 11 is 0. The minimum absolute atomic E-state index is 0.0184. The minimum Gasteiger partial charge on any atom is -0.379 e. The molecular formula is C18H27N3O2. The zero-order valence-corrected chi connectivity index (χ0v) is 13.7. The highest BCUT2D eigenvalue weighted by atomic mass is 16.5. The number of rotatable bonds is 5. The second kappa shape index (κ2) is 8.43. The average Bonchev–Trinajstić information content (AvgIpc) is 2.62. The zero-order valence-electron chi connectivity index (χ0n) is 13.7. The van der Waals surface area contributed by atoms with Crippen molar-refractivity contribution >= 4 is 5.91 Å². The molecule has 126 valence electrons. The van der Waals surface area contributed by atoms with E-state index in [0.717, 1.165) is 52.2 Å². The van der Waals surface area contributed by atoms with Gasteiger partial charge in [0.15, 0.2) is 0 Å². The first kappa shape index (κ1) is 16.4. The number of amides is 1. The third-order valence-corrected chi connectivity index (χ3v) is 4.70. The van der Waals surface area contributed by atoms with Crippen molar-refractivity contribution in [3.8, 4) is 0 Å². The molecule has 2 fully saturated rings. The van der Waals surface area contributed by atoms with Gasteiger partial charge in [0.1, 0.15) is 0 Å². The number of hydrogen-bond donors (Lipinski definition) is 2. The fourth-order valence-corrected chi connectivity index (χ4v) is 3.27. The normalized spacial score (nSPS) is 22.7. The number of carbonyl (C=O) groups is 1. The number of morpholine rings is 1. The van der Waals surface area contributed by atoms with E-state index < -0.39 is 0 Å². The summed E-state index contributed by atoms with van der Waals surface area (Å²) in [6.45, 7) is 6.07. The van der Waals surface area contributed by atoms with Gasteiger partial charge in [-0.3, -0.25) is 9.69 Å². The number of nitrogens with zero attached hydrogens (tertiary/aromatic N) is 1. The van der Waals surface area contributed by atoms with Crippen LogP contribution in [0.25, 0.3) is 0 Å². The van der Waals surface area contributed by atoms with Crippen LogP contribution in [-0.2, 0) is 22.6 Å². The molecule has 0 aromatic heterocycles. The highest BCUT2D eigenvalue weighted by molar-refractivity contribution is 5.81. The smallest absolute Gasteiger partial charge is 0.237 e. The van der Waals surface area contributed by atoms with E-state index in [2.05, 4.69) is 33.7 Å². The van der Waals surface area contributed by atoms with Gasteiger partial charge in [-0.2, -0.15) is 0 Å². The first-order chi connectivity index (χ1) is 11.3. The quantitative estimate of drug-likeness (QED) is 0.859. The third-order valence-electron chi connectivity index (χ3n) is 4.70. The van der Waals surface area contributed by atoms with E-state index in [-0.39, 0.29) is 11.9 Å². The fraction of sp³-hybridized carbons (Fsp3) is 0.611. The van der Waals surface area contributed by atoms with Gasteiger partial charge in [0.2, 0.25) is 5.91 Å². The summed E-state index contributed by atoms with van der Waals surface area (Å²) in [5.41, 5.74) is 2.51. The summed E-state index contributed by atoms with van der Waals surface area (Å²) in [7, 11) is 0. The molecule has 2 heterocycles. The summed E-state index contributed by atoms with van der Waals surface area (Å²) in [6, 6.07) is 8.38. The zero-order chi connectivity index (χ0) is 15.9. The van der Waals surface area contributed by atoms with Crippen molar-refractivity contribution in [3.63, 3.8) is 0 Å². The number of piperidine rings is 1. The molecule has 0 aliphatic carbocycles. The lowest BCUT2D eigenvalue weighted by Gasteiger charge is -2.27. The molecule has 3 rings (SSSR count). The third kappa shape index (κ3) is 4.77. The van der Waals surface area contributed by atoms with Gasteiger partial charge in [-0.25, -0.2) is 0 Å². The van der Waals surface area contributed by atoms with Crippen LogP contribution in [0.15, 0.2) is 24.3 Å². The Morgan fingerprint density at radius 1 is 1.22 bits per heavy atom. The van der Waals surface area contributed by atoms with E-state index in [0.29, 0.717) is 6.54 Å². The summed E-state index contributed by atoms with van der Waals surface area (Å²) in [5.74, 6) is 0.130. The Bertz CT molecular complexity index is 509. The molecule has 5 nitrogen and oxygen atoms in total. The van der Waals surface area contributed by atoms with Crippen LogP contribution >= 0.6 is 0 Å². The van der Waals surface area contributed by atoms with Crippen LogP contribution in [0.5, 0.6) is 0 Å². The van der Waals surface area contributed by atoms with Crippen LogP contribution in [-0.4, -0.2) is 49.7 Å². The molecule has 23 heavy (non-hydrogen) atoms.